The molecule has 138 valence electrons. The van der Waals surface area contributed by atoms with Crippen molar-refractivity contribution < 1.29 is 33.0 Å². The minimum absolute atomic E-state index is 0.0410. The maximum absolute atomic E-state index is 12.4. The first-order valence-corrected chi connectivity index (χ1v) is 7.67. The highest BCUT2D eigenvalue weighted by molar-refractivity contribution is 5.96. The van der Waals surface area contributed by atoms with E-state index in [9.17, 15) is 23.5 Å². The number of alkyl halides is 2. The number of carbonyl (C=O) groups is 2. The zero-order chi connectivity index (χ0) is 19.1. The number of benzene rings is 2. The highest BCUT2D eigenvalue weighted by atomic mass is 19.3. The van der Waals surface area contributed by atoms with Gasteiger partial charge >= 0.3 is 12.6 Å². The van der Waals surface area contributed by atoms with Crippen LogP contribution in [0.2, 0.25) is 0 Å². The van der Waals surface area contributed by atoms with E-state index in [1.807, 2.05) is 0 Å². The standard InChI is InChI=1S/C18H17F2NO5/c1-11(25-16(23)10-12-6-8-13(22)9-7-12)17(24)21-14-4-2-3-5-15(14)26-18(19)20/h2-9,11,18,22H,10H2,1H3,(H,21,24)/t11-/m0/s1. The van der Waals surface area contributed by atoms with Crippen LogP contribution in [0.25, 0.3) is 0 Å². The van der Waals surface area contributed by atoms with E-state index in [0.29, 0.717) is 5.56 Å². The number of halogens is 2. The highest BCUT2D eigenvalue weighted by Gasteiger charge is 2.20. The SMILES string of the molecule is C[C@H](OC(=O)Cc1ccc(O)cc1)C(=O)Nc1ccccc1OC(F)F. The normalized spacial score (nSPS) is 11.7. The van der Waals surface area contributed by atoms with E-state index in [0.717, 1.165) is 0 Å². The van der Waals surface area contributed by atoms with Crippen LogP contribution in [0.3, 0.4) is 0 Å². The molecule has 0 aliphatic carbocycles. The average Bonchev–Trinajstić information content (AvgIpc) is 2.58. The molecule has 2 N–H and O–H groups in total. The lowest BCUT2D eigenvalue weighted by atomic mass is 10.1. The molecule has 0 fully saturated rings. The molecule has 2 aromatic rings. The number of hydrogen-bond donors (Lipinski definition) is 2. The van der Waals surface area contributed by atoms with Crippen LogP contribution >= 0.6 is 0 Å². The van der Waals surface area contributed by atoms with Crippen molar-refractivity contribution >= 4 is 17.6 Å². The molecular weight excluding hydrogens is 348 g/mol. The van der Waals surface area contributed by atoms with Gasteiger partial charge in [-0.25, -0.2) is 0 Å². The predicted molar refractivity (Wildman–Crippen MR) is 89.1 cm³/mol. The predicted octanol–water partition coefficient (Wildman–Crippen LogP) is 3.11. The molecular formula is C18H17F2NO5. The molecule has 2 aromatic carbocycles. The van der Waals surface area contributed by atoms with Crippen LogP contribution in [-0.2, 0) is 20.7 Å². The second-order valence-corrected chi connectivity index (χ2v) is 5.34. The van der Waals surface area contributed by atoms with Gasteiger partial charge < -0.3 is 19.9 Å². The highest BCUT2D eigenvalue weighted by Crippen LogP contribution is 2.25. The smallest absolute Gasteiger partial charge is 0.387 e. The van der Waals surface area contributed by atoms with Crippen molar-refractivity contribution in [2.24, 2.45) is 0 Å². The van der Waals surface area contributed by atoms with Gasteiger partial charge in [0, 0.05) is 0 Å². The van der Waals surface area contributed by atoms with Gasteiger partial charge in [-0.3, -0.25) is 9.59 Å². The first-order valence-electron chi connectivity index (χ1n) is 7.67. The Morgan fingerprint density at radius 2 is 1.77 bits per heavy atom. The summed E-state index contributed by atoms with van der Waals surface area (Å²) < 4.78 is 34.1. The monoisotopic (exact) mass is 365 g/mol. The van der Waals surface area contributed by atoms with Crippen molar-refractivity contribution in [3.8, 4) is 11.5 Å². The van der Waals surface area contributed by atoms with Crippen molar-refractivity contribution in [3.63, 3.8) is 0 Å². The minimum atomic E-state index is -3.03. The Morgan fingerprint density at radius 1 is 1.12 bits per heavy atom. The molecule has 0 saturated heterocycles. The van der Waals surface area contributed by atoms with E-state index in [1.54, 1.807) is 12.1 Å². The molecule has 0 unspecified atom stereocenters. The topological polar surface area (TPSA) is 84.9 Å². The summed E-state index contributed by atoms with van der Waals surface area (Å²) in [5, 5.41) is 11.6. The van der Waals surface area contributed by atoms with Crippen molar-refractivity contribution in [1.29, 1.82) is 0 Å². The Kier molecular flexibility index (Phi) is 6.48. The molecule has 0 aliphatic rings. The van der Waals surface area contributed by atoms with Crippen molar-refractivity contribution in [2.75, 3.05) is 5.32 Å². The molecule has 26 heavy (non-hydrogen) atoms. The van der Waals surface area contributed by atoms with Crippen LogP contribution in [-0.4, -0.2) is 29.7 Å². The fourth-order valence-electron chi connectivity index (χ4n) is 2.08. The lowest BCUT2D eigenvalue weighted by Crippen LogP contribution is -2.30. The first-order chi connectivity index (χ1) is 12.3. The number of aromatic hydroxyl groups is 1. The van der Waals surface area contributed by atoms with Crippen LogP contribution in [0, 0.1) is 0 Å². The van der Waals surface area contributed by atoms with Gasteiger partial charge in [-0.15, -0.1) is 0 Å². The number of esters is 1. The van der Waals surface area contributed by atoms with Crippen molar-refractivity contribution in [1.82, 2.24) is 0 Å². The van der Waals surface area contributed by atoms with Crippen LogP contribution < -0.4 is 10.1 Å². The number of carbonyl (C=O) groups excluding carboxylic acids is 2. The summed E-state index contributed by atoms with van der Waals surface area (Å²) in [7, 11) is 0. The quantitative estimate of drug-likeness (QED) is 0.737. The molecule has 0 aliphatic heterocycles. The van der Waals surface area contributed by atoms with Crippen LogP contribution in [0.15, 0.2) is 48.5 Å². The third-order valence-corrected chi connectivity index (χ3v) is 3.32. The molecule has 0 aromatic heterocycles. The summed E-state index contributed by atoms with van der Waals surface area (Å²) in [5.41, 5.74) is 0.648. The number of nitrogens with one attached hydrogen (secondary N) is 1. The third-order valence-electron chi connectivity index (χ3n) is 3.32. The molecule has 2 rings (SSSR count). The van der Waals surface area contributed by atoms with Gasteiger partial charge in [0.15, 0.2) is 6.10 Å². The van der Waals surface area contributed by atoms with E-state index in [4.69, 9.17) is 4.74 Å². The largest absolute Gasteiger partial charge is 0.508 e. The Bertz CT molecular complexity index is 764. The maximum atomic E-state index is 12.4. The van der Waals surface area contributed by atoms with Gasteiger partial charge in [0.1, 0.15) is 11.5 Å². The van der Waals surface area contributed by atoms with E-state index in [1.165, 1.54) is 43.3 Å². The van der Waals surface area contributed by atoms with Crippen molar-refractivity contribution in [2.45, 2.75) is 26.1 Å². The maximum Gasteiger partial charge on any atom is 0.387 e. The molecule has 8 heteroatoms. The molecule has 0 heterocycles. The molecule has 0 bridgehead atoms. The van der Waals surface area contributed by atoms with Gasteiger partial charge in [-0.1, -0.05) is 24.3 Å². The van der Waals surface area contributed by atoms with Crippen molar-refractivity contribution in [3.05, 3.63) is 54.1 Å². The van der Waals surface area contributed by atoms with Gasteiger partial charge in [0.05, 0.1) is 12.1 Å². The van der Waals surface area contributed by atoms with Gasteiger partial charge in [-0.2, -0.15) is 8.78 Å². The second kappa shape index (κ2) is 8.80. The van der Waals surface area contributed by atoms with Gasteiger partial charge in [-0.05, 0) is 36.8 Å². The minimum Gasteiger partial charge on any atom is -0.508 e. The zero-order valence-corrected chi connectivity index (χ0v) is 13.8. The molecule has 1 atom stereocenters. The Labute approximate surface area is 148 Å². The Hall–Kier alpha value is -3.16. The number of phenolic OH excluding ortho intramolecular Hbond substituents is 1. The van der Waals surface area contributed by atoms with E-state index in [-0.39, 0.29) is 23.6 Å². The van der Waals surface area contributed by atoms with E-state index in [2.05, 4.69) is 10.1 Å². The lowest BCUT2D eigenvalue weighted by Gasteiger charge is -2.15. The summed E-state index contributed by atoms with van der Waals surface area (Å²) in [6.45, 7) is -1.67. The number of anilines is 1. The summed E-state index contributed by atoms with van der Waals surface area (Å²) in [5.74, 6) is -1.46. The summed E-state index contributed by atoms with van der Waals surface area (Å²) in [6, 6.07) is 11.7. The molecule has 0 radical (unpaired) electrons. The molecule has 1 amide bonds. The Morgan fingerprint density at radius 3 is 2.42 bits per heavy atom. The van der Waals surface area contributed by atoms with Crippen LogP contribution in [0.1, 0.15) is 12.5 Å². The van der Waals surface area contributed by atoms with Gasteiger partial charge in [0.2, 0.25) is 0 Å². The number of phenols is 1. The zero-order valence-electron chi connectivity index (χ0n) is 13.8. The third kappa shape index (κ3) is 5.73. The average molecular weight is 365 g/mol. The fraction of sp³-hybridized carbons (Fsp3) is 0.222. The van der Waals surface area contributed by atoms with Crippen LogP contribution in [0.4, 0.5) is 14.5 Å². The first kappa shape index (κ1) is 19.2. The molecule has 6 nitrogen and oxygen atoms in total. The number of rotatable bonds is 7. The lowest BCUT2D eigenvalue weighted by molar-refractivity contribution is -0.152. The second-order valence-electron chi connectivity index (χ2n) is 5.34. The number of hydrogen-bond acceptors (Lipinski definition) is 5. The molecule has 0 spiro atoms. The number of amides is 1. The Balaban J connectivity index is 1.93. The fourth-order valence-corrected chi connectivity index (χ4v) is 2.08. The van der Waals surface area contributed by atoms with Gasteiger partial charge in [0.25, 0.3) is 5.91 Å². The summed E-state index contributed by atoms with van der Waals surface area (Å²) in [6.07, 6.45) is -1.22. The van der Waals surface area contributed by atoms with E-state index >= 15 is 0 Å². The van der Waals surface area contributed by atoms with Crippen LogP contribution in [0.5, 0.6) is 11.5 Å². The summed E-state index contributed by atoms with van der Waals surface area (Å²) >= 11 is 0. The molecule has 0 saturated carbocycles. The summed E-state index contributed by atoms with van der Waals surface area (Å²) in [4.78, 5) is 24.0. The number of ether oxygens (including phenoxy) is 2. The van der Waals surface area contributed by atoms with E-state index < -0.39 is 24.6 Å². The number of para-hydroxylation sites is 2.